The molecule has 0 fully saturated rings. The van der Waals surface area contributed by atoms with E-state index in [1.165, 1.54) is 4.90 Å². The van der Waals surface area contributed by atoms with Crippen LogP contribution >= 0.6 is 0 Å². The van der Waals surface area contributed by atoms with Crippen molar-refractivity contribution in [1.82, 2.24) is 20.4 Å². The molecule has 0 bridgehead atoms. The van der Waals surface area contributed by atoms with Gasteiger partial charge in [0, 0.05) is 19.7 Å². The molecule has 4 rings (SSSR count). The minimum atomic E-state index is -0.844. The standard InChI is InChI=1S/C24H24N4O4/c1-13-11-17(15(3)31-13)19-12-18(20-14(2)27-32-23(20)25-19)22(29)26-21(24(30)28(4)5)16-9-7-6-8-10-16/h6-12,21H,1-5H3,(H,26,29). The van der Waals surface area contributed by atoms with Gasteiger partial charge in [-0.3, -0.25) is 9.59 Å². The van der Waals surface area contributed by atoms with Crippen LogP contribution < -0.4 is 5.32 Å². The van der Waals surface area contributed by atoms with Crippen molar-refractivity contribution in [3.8, 4) is 11.3 Å². The molecule has 32 heavy (non-hydrogen) atoms. The quantitative estimate of drug-likeness (QED) is 0.512. The topological polar surface area (TPSA) is 101 Å². The van der Waals surface area contributed by atoms with Gasteiger partial charge in [0.2, 0.25) is 5.91 Å². The van der Waals surface area contributed by atoms with Crippen LogP contribution in [0.1, 0.15) is 39.2 Å². The van der Waals surface area contributed by atoms with Gasteiger partial charge in [0.15, 0.2) is 0 Å². The summed E-state index contributed by atoms with van der Waals surface area (Å²) in [7, 11) is 3.31. The van der Waals surface area contributed by atoms with Crippen LogP contribution in [0.3, 0.4) is 0 Å². The number of benzene rings is 1. The number of furan rings is 1. The number of carbonyl (C=O) groups excluding carboxylic acids is 2. The Morgan fingerprint density at radius 3 is 2.41 bits per heavy atom. The molecule has 164 valence electrons. The zero-order chi connectivity index (χ0) is 23.0. The van der Waals surface area contributed by atoms with Crippen LogP contribution in [0.25, 0.3) is 22.4 Å². The van der Waals surface area contributed by atoms with Crippen molar-refractivity contribution < 1.29 is 18.5 Å². The minimum Gasteiger partial charge on any atom is -0.466 e. The number of aromatic nitrogens is 2. The van der Waals surface area contributed by atoms with Crippen molar-refractivity contribution in [3.05, 3.63) is 70.8 Å². The Morgan fingerprint density at radius 2 is 1.78 bits per heavy atom. The SMILES string of the molecule is Cc1cc(-c2cc(C(=O)NC(C(=O)N(C)C)c3ccccc3)c3c(C)noc3n2)c(C)o1. The second kappa shape index (κ2) is 8.30. The Labute approximate surface area is 185 Å². The molecule has 0 aliphatic heterocycles. The van der Waals surface area contributed by atoms with Crippen LogP contribution in [-0.2, 0) is 4.79 Å². The predicted molar refractivity (Wildman–Crippen MR) is 119 cm³/mol. The highest BCUT2D eigenvalue weighted by Gasteiger charge is 2.27. The number of hydrogen-bond donors (Lipinski definition) is 1. The molecular formula is C24H24N4O4. The van der Waals surface area contributed by atoms with Crippen molar-refractivity contribution >= 4 is 22.9 Å². The Hall–Kier alpha value is -3.94. The number of likely N-dealkylation sites (N-methyl/N-ethyl adjacent to an activating group) is 1. The number of nitrogens with zero attached hydrogens (tertiary/aromatic N) is 3. The number of amides is 2. The van der Waals surface area contributed by atoms with Crippen LogP contribution in [0.5, 0.6) is 0 Å². The molecular weight excluding hydrogens is 408 g/mol. The van der Waals surface area contributed by atoms with Gasteiger partial charge in [-0.25, -0.2) is 4.98 Å². The van der Waals surface area contributed by atoms with E-state index < -0.39 is 11.9 Å². The summed E-state index contributed by atoms with van der Waals surface area (Å²) in [5, 5.41) is 7.38. The normalized spacial score (nSPS) is 12.0. The minimum absolute atomic E-state index is 0.238. The molecule has 1 N–H and O–H groups in total. The summed E-state index contributed by atoms with van der Waals surface area (Å²) in [5.41, 5.74) is 3.10. The second-order valence-corrected chi connectivity index (χ2v) is 7.88. The van der Waals surface area contributed by atoms with Gasteiger partial charge in [-0.15, -0.1) is 0 Å². The zero-order valence-corrected chi connectivity index (χ0v) is 18.6. The first-order chi connectivity index (χ1) is 15.3. The van der Waals surface area contributed by atoms with Crippen LogP contribution in [0.4, 0.5) is 0 Å². The fourth-order valence-electron chi connectivity index (χ4n) is 3.70. The van der Waals surface area contributed by atoms with E-state index in [9.17, 15) is 9.59 Å². The molecule has 0 spiro atoms. The van der Waals surface area contributed by atoms with Crippen LogP contribution in [0.2, 0.25) is 0 Å². The molecule has 0 aliphatic carbocycles. The number of nitrogens with one attached hydrogen (secondary N) is 1. The average molecular weight is 432 g/mol. The molecule has 0 aliphatic rings. The summed E-state index contributed by atoms with van der Waals surface area (Å²) >= 11 is 0. The number of carbonyl (C=O) groups is 2. The van der Waals surface area contributed by atoms with Gasteiger partial charge in [0.1, 0.15) is 17.6 Å². The lowest BCUT2D eigenvalue weighted by molar-refractivity contribution is -0.130. The molecule has 4 aromatic rings. The second-order valence-electron chi connectivity index (χ2n) is 7.88. The Kier molecular flexibility index (Phi) is 5.52. The average Bonchev–Trinajstić information content (AvgIpc) is 3.32. The van der Waals surface area contributed by atoms with Crippen LogP contribution in [0.15, 0.2) is 51.4 Å². The molecule has 3 heterocycles. The Balaban J connectivity index is 1.80. The third-order valence-corrected chi connectivity index (χ3v) is 5.27. The maximum absolute atomic E-state index is 13.5. The van der Waals surface area contributed by atoms with Gasteiger partial charge in [-0.1, -0.05) is 35.5 Å². The molecule has 1 unspecified atom stereocenters. The third-order valence-electron chi connectivity index (χ3n) is 5.27. The molecule has 8 heteroatoms. The Morgan fingerprint density at radius 1 is 1.06 bits per heavy atom. The van der Waals surface area contributed by atoms with E-state index >= 15 is 0 Å². The molecule has 0 saturated heterocycles. The fourth-order valence-corrected chi connectivity index (χ4v) is 3.70. The number of hydrogen-bond acceptors (Lipinski definition) is 6. The zero-order valence-electron chi connectivity index (χ0n) is 18.6. The summed E-state index contributed by atoms with van der Waals surface area (Å²) in [4.78, 5) is 32.4. The van der Waals surface area contributed by atoms with E-state index in [2.05, 4.69) is 15.5 Å². The highest BCUT2D eigenvalue weighted by molar-refractivity contribution is 6.08. The summed E-state index contributed by atoms with van der Waals surface area (Å²) < 4.78 is 11.0. The van der Waals surface area contributed by atoms with Crippen molar-refractivity contribution in [2.24, 2.45) is 0 Å². The highest BCUT2D eigenvalue weighted by Crippen LogP contribution is 2.31. The molecule has 8 nitrogen and oxygen atoms in total. The Bertz CT molecular complexity index is 1300. The number of fused-ring (bicyclic) bond motifs is 1. The van der Waals surface area contributed by atoms with E-state index in [4.69, 9.17) is 8.94 Å². The summed E-state index contributed by atoms with van der Waals surface area (Å²) in [5.74, 6) is 0.757. The summed E-state index contributed by atoms with van der Waals surface area (Å²) in [6.07, 6.45) is 0. The van der Waals surface area contributed by atoms with Crippen molar-refractivity contribution in [2.45, 2.75) is 26.8 Å². The van der Waals surface area contributed by atoms with Crippen LogP contribution in [0, 0.1) is 20.8 Å². The smallest absolute Gasteiger partial charge is 0.259 e. The number of pyridine rings is 1. The first-order valence-corrected chi connectivity index (χ1v) is 10.2. The molecule has 1 aromatic carbocycles. The lowest BCUT2D eigenvalue weighted by atomic mass is 10.0. The molecule has 3 aromatic heterocycles. The first-order valence-electron chi connectivity index (χ1n) is 10.2. The van der Waals surface area contributed by atoms with E-state index in [0.717, 1.165) is 11.3 Å². The highest BCUT2D eigenvalue weighted by atomic mass is 16.5. The maximum Gasteiger partial charge on any atom is 0.259 e. The molecule has 1 atom stereocenters. The van der Waals surface area contributed by atoms with Crippen molar-refractivity contribution in [2.75, 3.05) is 14.1 Å². The summed E-state index contributed by atoms with van der Waals surface area (Å²) in [6.45, 7) is 5.43. The largest absolute Gasteiger partial charge is 0.466 e. The van der Waals surface area contributed by atoms with Gasteiger partial charge >= 0.3 is 0 Å². The predicted octanol–water partition coefficient (Wildman–Crippen LogP) is 3.97. The number of rotatable bonds is 5. The van der Waals surface area contributed by atoms with Gasteiger partial charge in [0.25, 0.3) is 11.6 Å². The van der Waals surface area contributed by atoms with Gasteiger partial charge < -0.3 is 19.2 Å². The maximum atomic E-state index is 13.5. The third kappa shape index (κ3) is 3.87. The molecule has 2 amide bonds. The lowest BCUT2D eigenvalue weighted by Gasteiger charge is -2.22. The monoisotopic (exact) mass is 432 g/mol. The van der Waals surface area contributed by atoms with E-state index in [1.807, 2.05) is 50.2 Å². The molecule has 0 radical (unpaired) electrons. The van der Waals surface area contributed by atoms with E-state index in [0.29, 0.717) is 33.7 Å². The van der Waals surface area contributed by atoms with Crippen molar-refractivity contribution in [3.63, 3.8) is 0 Å². The van der Waals surface area contributed by atoms with Crippen LogP contribution in [-0.4, -0.2) is 41.0 Å². The van der Waals surface area contributed by atoms with Gasteiger partial charge in [0.05, 0.1) is 22.3 Å². The lowest BCUT2D eigenvalue weighted by Crippen LogP contribution is -2.40. The van der Waals surface area contributed by atoms with Gasteiger partial charge in [-0.05, 0) is 38.5 Å². The van der Waals surface area contributed by atoms with E-state index in [1.54, 1.807) is 27.1 Å². The summed E-state index contributed by atoms with van der Waals surface area (Å²) in [6, 6.07) is 11.8. The van der Waals surface area contributed by atoms with Crippen molar-refractivity contribution in [1.29, 1.82) is 0 Å². The number of aryl methyl sites for hydroxylation is 3. The first kappa shape index (κ1) is 21.3. The molecule has 0 saturated carbocycles. The fraction of sp³-hybridized carbons (Fsp3) is 0.250. The van der Waals surface area contributed by atoms with Gasteiger partial charge in [-0.2, -0.15) is 0 Å². The van der Waals surface area contributed by atoms with E-state index in [-0.39, 0.29) is 11.6 Å².